The molecule has 1 fully saturated rings. The fourth-order valence-corrected chi connectivity index (χ4v) is 3.68. The van der Waals surface area contributed by atoms with Crippen LogP contribution in [0.4, 0.5) is 15.8 Å². The maximum Gasteiger partial charge on any atom is 0.259 e. The lowest BCUT2D eigenvalue weighted by molar-refractivity contribution is -0.120. The Hall–Kier alpha value is -2.98. The summed E-state index contributed by atoms with van der Waals surface area (Å²) in [6.45, 7) is 5.27. The Balaban J connectivity index is 2.07. The first-order valence-corrected chi connectivity index (χ1v) is 8.66. The third-order valence-corrected chi connectivity index (χ3v) is 5.02. The molecule has 0 aromatic heterocycles. The topological polar surface area (TPSA) is 56.6 Å². The number of carbonyl (C=O) groups excluding carboxylic acids is 1. The van der Waals surface area contributed by atoms with E-state index in [4.69, 9.17) is 22.2 Å². The van der Waals surface area contributed by atoms with Gasteiger partial charge in [-0.15, -0.1) is 0 Å². The number of thiocarbonyl (C=S) groups is 1. The highest BCUT2D eigenvalue weighted by atomic mass is 32.1. The lowest BCUT2D eigenvalue weighted by Gasteiger charge is -2.29. The van der Waals surface area contributed by atoms with E-state index in [-0.39, 0.29) is 16.8 Å². The van der Waals surface area contributed by atoms with Crippen molar-refractivity contribution in [1.82, 2.24) is 0 Å². The van der Waals surface area contributed by atoms with Crippen LogP contribution in [0.25, 0.3) is 0 Å². The number of nitriles is 1. The molecule has 0 radical (unpaired) electrons. The Bertz CT molecular complexity index is 997. The van der Waals surface area contributed by atoms with Crippen molar-refractivity contribution < 1.29 is 13.9 Å². The van der Waals surface area contributed by atoms with Gasteiger partial charge in [-0.05, 0) is 68.9 Å². The Morgan fingerprint density at radius 1 is 1.19 bits per heavy atom. The van der Waals surface area contributed by atoms with Crippen molar-refractivity contribution in [3.8, 4) is 11.8 Å². The van der Waals surface area contributed by atoms with Crippen molar-refractivity contribution in [2.75, 3.05) is 16.9 Å². The first kappa shape index (κ1) is 18.8. The van der Waals surface area contributed by atoms with E-state index in [9.17, 15) is 9.18 Å². The summed E-state index contributed by atoms with van der Waals surface area (Å²) in [5.74, 6) is -0.644. The zero-order valence-corrected chi connectivity index (χ0v) is 16.2. The monoisotopic (exact) mass is 383 g/mol. The van der Waals surface area contributed by atoms with Gasteiger partial charge in [0.2, 0.25) is 0 Å². The maximum atomic E-state index is 14.2. The predicted molar refractivity (Wildman–Crippen MR) is 105 cm³/mol. The van der Waals surface area contributed by atoms with Crippen LogP contribution in [0.15, 0.2) is 36.4 Å². The second-order valence-corrected chi connectivity index (χ2v) is 7.11. The minimum atomic E-state index is -1.00. The molecule has 0 unspecified atom stereocenters. The second kappa shape index (κ2) is 6.63. The number of anilines is 2. The summed E-state index contributed by atoms with van der Waals surface area (Å²) in [4.78, 5) is 16.2. The molecule has 3 rings (SSSR count). The Morgan fingerprint density at radius 3 is 2.41 bits per heavy atom. The van der Waals surface area contributed by atoms with E-state index in [0.717, 1.165) is 5.56 Å². The van der Waals surface area contributed by atoms with Gasteiger partial charge in [0.25, 0.3) is 5.91 Å². The zero-order valence-electron chi connectivity index (χ0n) is 15.4. The summed E-state index contributed by atoms with van der Waals surface area (Å²) in [7, 11) is 1.39. The minimum Gasteiger partial charge on any atom is -0.494 e. The van der Waals surface area contributed by atoms with E-state index in [1.54, 1.807) is 49.9 Å². The van der Waals surface area contributed by atoms with Crippen LogP contribution in [0.3, 0.4) is 0 Å². The van der Waals surface area contributed by atoms with Crippen molar-refractivity contribution in [1.29, 1.82) is 5.26 Å². The lowest BCUT2D eigenvalue weighted by atomic mass is 10.0. The van der Waals surface area contributed by atoms with E-state index in [0.29, 0.717) is 16.9 Å². The predicted octanol–water partition coefficient (Wildman–Crippen LogP) is 3.93. The quantitative estimate of drug-likeness (QED) is 0.752. The molecule has 1 aliphatic rings. The molecule has 0 bridgehead atoms. The summed E-state index contributed by atoms with van der Waals surface area (Å²) < 4.78 is 19.2. The molecule has 1 saturated heterocycles. The average Bonchev–Trinajstić information content (AvgIpc) is 2.79. The van der Waals surface area contributed by atoms with Crippen molar-refractivity contribution in [3.05, 3.63) is 53.3 Å². The van der Waals surface area contributed by atoms with Gasteiger partial charge in [-0.1, -0.05) is 0 Å². The molecule has 0 N–H and O–H groups in total. The van der Waals surface area contributed by atoms with E-state index in [1.165, 1.54) is 24.1 Å². The number of ether oxygens (including phenoxy) is 1. The number of carbonyl (C=O) groups is 1. The number of methoxy groups -OCH3 is 1. The smallest absolute Gasteiger partial charge is 0.259 e. The maximum absolute atomic E-state index is 14.2. The molecular weight excluding hydrogens is 365 g/mol. The number of hydrogen-bond acceptors (Lipinski definition) is 4. The normalized spacial score (nSPS) is 15.9. The van der Waals surface area contributed by atoms with Crippen molar-refractivity contribution >= 4 is 34.6 Å². The molecule has 2 aromatic rings. The highest BCUT2D eigenvalue weighted by Crippen LogP contribution is 2.37. The summed E-state index contributed by atoms with van der Waals surface area (Å²) in [6.07, 6.45) is 0. The van der Waals surface area contributed by atoms with Crippen molar-refractivity contribution in [2.45, 2.75) is 26.3 Å². The van der Waals surface area contributed by atoms with Crippen LogP contribution in [0, 0.1) is 24.1 Å². The Labute approximate surface area is 162 Å². The van der Waals surface area contributed by atoms with Crippen LogP contribution in [0.2, 0.25) is 0 Å². The molecule has 0 spiro atoms. The van der Waals surface area contributed by atoms with Gasteiger partial charge in [-0.25, -0.2) is 4.39 Å². The first-order valence-electron chi connectivity index (χ1n) is 8.25. The van der Waals surface area contributed by atoms with E-state index >= 15 is 0 Å². The summed E-state index contributed by atoms with van der Waals surface area (Å²) in [5.41, 5.74) is 1.32. The lowest BCUT2D eigenvalue weighted by Crippen LogP contribution is -2.44. The molecule has 2 aromatic carbocycles. The van der Waals surface area contributed by atoms with Crippen LogP contribution >= 0.6 is 12.2 Å². The standard InChI is InChI=1S/C20H18FN3O2S/c1-12-9-14(6-5-13(12)11-22)23-18(25)20(2,3)24(19(23)27)15-7-8-17(26-4)16(21)10-15/h5-10H,1-4H3. The average molecular weight is 383 g/mol. The fourth-order valence-electron chi connectivity index (χ4n) is 3.16. The van der Waals surface area contributed by atoms with Crippen LogP contribution < -0.4 is 14.5 Å². The molecule has 1 heterocycles. The summed E-state index contributed by atoms with van der Waals surface area (Å²) >= 11 is 5.57. The highest BCUT2D eigenvalue weighted by molar-refractivity contribution is 7.81. The molecule has 7 heteroatoms. The number of hydrogen-bond donors (Lipinski definition) is 0. The molecule has 27 heavy (non-hydrogen) atoms. The van der Waals surface area contributed by atoms with Crippen LogP contribution in [0.5, 0.6) is 5.75 Å². The van der Waals surface area contributed by atoms with Gasteiger partial charge < -0.3 is 9.64 Å². The fraction of sp³-hybridized carbons (Fsp3) is 0.250. The molecule has 0 atom stereocenters. The van der Waals surface area contributed by atoms with Gasteiger partial charge in [-0.3, -0.25) is 9.69 Å². The van der Waals surface area contributed by atoms with Gasteiger partial charge in [0.05, 0.1) is 24.4 Å². The van der Waals surface area contributed by atoms with E-state index in [2.05, 4.69) is 6.07 Å². The third kappa shape index (κ3) is 2.92. The largest absolute Gasteiger partial charge is 0.494 e. The third-order valence-electron chi connectivity index (χ3n) is 4.65. The Morgan fingerprint density at radius 2 is 1.85 bits per heavy atom. The number of rotatable bonds is 3. The molecule has 1 amide bonds. The van der Waals surface area contributed by atoms with Crippen molar-refractivity contribution in [3.63, 3.8) is 0 Å². The highest BCUT2D eigenvalue weighted by Gasteiger charge is 2.50. The number of nitrogens with zero attached hydrogens (tertiary/aromatic N) is 3. The minimum absolute atomic E-state index is 0.118. The van der Waals surface area contributed by atoms with Gasteiger partial charge in [0.15, 0.2) is 16.7 Å². The number of aryl methyl sites for hydroxylation is 1. The zero-order chi connectivity index (χ0) is 19.9. The summed E-state index contributed by atoms with van der Waals surface area (Å²) in [5, 5.41) is 9.36. The van der Waals surface area contributed by atoms with E-state index in [1.807, 2.05) is 0 Å². The number of halogens is 1. The molecule has 1 aliphatic heterocycles. The second-order valence-electron chi connectivity index (χ2n) is 6.75. The number of amides is 1. The molecule has 5 nitrogen and oxygen atoms in total. The van der Waals surface area contributed by atoms with Gasteiger partial charge >= 0.3 is 0 Å². The Kier molecular flexibility index (Phi) is 4.62. The SMILES string of the molecule is COc1ccc(N2C(=S)N(c3ccc(C#N)c(C)c3)C(=O)C2(C)C)cc1F. The molecule has 0 saturated carbocycles. The molecular formula is C20H18FN3O2S. The van der Waals surface area contributed by atoms with Gasteiger partial charge in [0.1, 0.15) is 5.54 Å². The van der Waals surface area contributed by atoms with Crippen LogP contribution in [0.1, 0.15) is 25.0 Å². The van der Waals surface area contributed by atoms with E-state index < -0.39 is 11.4 Å². The van der Waals surface area contributed by atoms with Crippen LogP contribution in [-0.4, -0.2) is 23.7 Å². The van der Waals surface area contributed by atoms with Crippen LogP contribution in [-0.2, 0) is 4.79 Å². The van der Waals surface area contributed by atoms with Crippen molar-refractivity contribution in [2.24, 2.45) is 0 Å². The number of benzene rings is 2. The first-order chi connectivity index (χ1) is 12.7. The van der Waals surface area contributed by atoms with Gasteiger partial charge in [-0.2, -0.15) is 5.26 Å². The summed E-state index contributed by atoms with van der Waals surface area (Å²) in [6, 6.07) is 11.7. The molecule has 138 valence electrons. The van der Waals surface area contributed by atoms with Gasteiger partial charge in [0, 0.05) is 11.8 Å². The molecule has 0 aliphatic carbocycles.